The van der Waals surface area contributed by atoms with Gasteiger partial charge in [-0.25, -0.2) is 0 Å². The first-order valence-corrected chi connectivity index (χ1v) is 32.7. The molecule has 1 aliphatic heterocycles. The van der Waals surface area contributed by atoms with E-state index >= 15 is 0 Å². The molecule has 29 N–H and O–H groups in total. The van der Waals surface area contributed by atoms with Crippen molar-refractivity contribution >= 4 is 100 Å². The first kappa shape index (κ1) is 85.0. The number of Topliss-reactive ketones (excluding diaryl/α,β-unsaturated/α-hetero) is 4. The number of rotatable bonds is 50. The number of likely N-dealkylation sites (tertiary alicyclic amines) is 1. The van der Waals surface area contributed by atoms with E-state index in [9.17, 15) is 62.3 Å². The van der Waals surface area contributed by atoms with Gasteiger partial charge in [0.25, 0.3) is 0 Å². The molecular weight excluding hydrogens is 1250 g/mol. The molecule has 0 radical (unpaired) electrons. The summed E-state index contributed by atoms with van der Waals surface area (Å²) in [5.41, 5.74) is 66.4. The zero-order chi connectivity index (χ0) is 72.9. The Hall–Kier alpha value is -9.05. The Morgan fingerprint density at radius 3 is 1.33 bits per heavy atom. The second-order valence-electron chi connectivity index (χ2n) is 25.2. The third kappa shape index (κ3) is 33.4. The standard InChI is InChI=1S/C61H110N22O13/c1-32(2)49(46(87)27-36(15-10-22-75-59(68)69)53(92)82-50(33(3)4)51(65)90)81-52(91)35(6)26-44(85)39(17-7-8-20-62)78-54(93)38(30-47(63)88)29-45(86)40(18-12-24-77-61(72)73)79-55(94)41(31-48(64)89)80-56(95)42-19-13-25-83(42)57(96)37(16-11-23-76-60(70)71)28-43(84)34(5)14-9-21-74-58(66)67/h32-42,49-50H,7-31,62H2,1-6H3,(H2,63,88)(H2,64,89)(H2,65,90)(H,78,93)(H,79,94)(H,80,95)(H,81,91)(H,82,92)(H4,66,67,74)(H4,68,69,75)(H4,70,71,76)(H4,72,73,77)/t34-,35+,36+,37+,38-,39-,40-,41-,42-,49-,50-/m0/s1. The summed E-state index contributed by atoms with van der Waals surface area (Å²) in [5.74, 6) is -16.5. The van der Waals surface area contributed by atoms with Crippen molar-refractivity contribution in [3.8, 4) is 0 Å². The number of nitrogens with two attached hydrogens (primary N) is 12. The molecule has 0 spiro atoms. The largest absolute Gasteiger partial charge is 0.370 e. The van der Waals surface area contributed by atoms with Gasteiger partial charge in [0.1, 0.15) is 23.9 Å². The van der Waals surface area contributed by atoms with Gasteiger partial charge >= 0.3 is 0 Å². The van der Waals surface area contributed by atoms with Gasteiger partial charge in [0.05, 0.1) is 30.5 Å². The third-order valence-corrected chi connectivity index (χ3v) is 16.2. The molecule has 1 saturated heterocycles. The smallest absolute Gasteiger partial charge is 0.243 e. The van der Waals surface area contributed by atoms with E-state index in [0.717, 1.165) is 0 Å². The van der Waals surface area contributed by atoms with Crippen LogP contribution >= 0.6 is 0 Å². The number of amides is 9. The highest BCUT2D eigenvalue weighted by Gasteiger charge is 2.41. The van der Waals surface area contributed by atoms with Gasteiger partial charge in [-0.05, 0) is 102 Å². The summed E-state index contributed by atoms with van der Waals surface area (Å²) in [4.78, 5) is 196. The quantitative estimate of drug-likeness (QED) is 0.0154. The van der Waals surface area contributed by atoms with Crippen molar-refractivity contribution in [1.29, 1.82) is 0 Å². The molecule has 1 fully saturated rings. The normalized spacial score (nSPS) is 15.8. The summed E-state index contributed by atoms with van der Waals surface area (Å²) < 4.78 is 0. The summed E-state index contributed by atoms with van der Waals surface area (Å²) in [6, 6.07) is -7.94. The average Bonchev–Trinajstić information content (AvgIpc) is 1.59. The maximum Gasteiger partial charge on any atom is 0.243 e. The van der Waals surface area contributed by atoms with Crippen LogP contribution in [-0.2, 0) is 62.3 Å². The van der Waals surface area contributed by atoms with Gasteiger partial charge in [0, 0.05) is 88.5 Å². The average molecular weight is 1360 g/mol. The van der Waals surface area contributed by atoms with E-state index < -0.39 is 168 Å². The predicted molar refractivity (Wildman–Crippen MR) is 361 cm³/mol. The Labute approximate surface area is 561 Å². The van der Waals surface area contributed by atoms with Crippen molar-refractivity contribution in [3.63, 3.8) is 0 Å². The molecule has 1 rings (SSSR count). The molecule has 11 atom stereocenters. The summed E-state index contributed by atoms with van der Waals surface area (Å²) in [7, 11) is 0. The van der Waals surface area contributed by atoms with E-state index in [1.807, 2.05) is 0 Å². The highest BCUT2D eigenvalue weighted by atomic mass is 16.2. The number of unbranched alkanes of at least 4 members (excludes halogenated alkanes) is 1. The summed E-state index contributed by atoms with van der Waals surface area (Å²) in [6.45, 7) is 10.7. The van der Waals surface area contributed by atoms with Crippen molar-refractivity contribution < 1.29 is 62.3 Å². The van der Waals surface area contributed by atoms with E-state index in [-0.39, 0.29) is 126 Å². The maximum atomic E-state index is 14.5. The second kappa shape index (κ2) is 44.6. The third-order valence-electron chi connectivity index (χ3n) is 16.2. The van der Waals surface area contributed by atoms with E-state index in [2.05, 4.69) is 46.6 Å². The summed E-state index contributed by atoms with van der Waals surface area (Å²) in [5, 5.41) is 13.0. The molecule has 96 heavy (non-hydrogen) atoms. The van der Waals surface area contributed by atoms with E-state index in [1.165, 1.54) is 11.8 Å². The molecule has 0 aromatic heterocycles. The minimum atomic E-state index is -1.73. The van der Waals surface area contributed by atoms with Crippen LogP contribution in [-0.4, -0.2) is 181 Å². The molecule has 1 heterocycles. The van der Waals surface area contributed by atoms with Crippen LogP contribution < -0.4 is 95.4 Å². The molecular formula is C61H110N22O13. The summed E-state index contributed by atoms with van der Waals surface area (Å²) >= 11 is 0. The lowest BCUT2D eigenvalue weighted by atomic mass is 9.88. The molecule has 35 heteroatoms. The second-order valence-corrected chi connectivity index (χ2v) is 25.2. The molecule has 1 aliphatic rings. The number of nitrogens with one attached hydrogen (secondary N) is 5. The van der Waals surface area contributed by atoms with Crippen molar-refractivity contribution in [2.75, 3.05) is 39.3 Å². The lowest BCUT2D eigenvalue weighted by Crippen LogP contribution is -2.56. The van der Waals surface area contributed by atoms with Gasteiger partial charge in [-0.2, -0.15) is 0 Å². The molecule has 0 unspecified atom stereocenters. The Morgan fingerprint density at radius 2 is 0.844 bits per heavy atom. The van der Waals surface area contributed by atoms with Crippen LogP contribution in [0.25, 0.3) is 0 Å². The van der Waals surface area contributed by atoms with Crippen LogP contribution in [0.15, 0.2) is 20.0 Å². The minimum absolute atomic E-state index is 0.00633. The Morgan fingerprint density at radius 1 is 0.406 bits per heavy atom. The number of ketones is 4. The van der Waals surface area contributed by atoms with E-state index in [0.29, 0.717) is 45.1 Å². The first-order chi connectivity index (χ1) is 45.0. The molecule has 0 saturated carbocycles. The van der Waals surface area contributed by atoms with Gasteiger partial charge in [-0.3, -0.25) is 82.3 Å². The van der Waals surface area contributed by atoms with Crippen molar-refractivity contribution in [1.82, 2.24) is 31.5 Å². The van der Waals surface area contributed by atoms with Gasteiger partial charge in [-0.15, -0.1) is 0 Å². The topological polar surface area (TPSA) is 647 Å². The van der Waals surface area contributed by atoms with Gasteiger partial charge in [-0.1, -0.05) is 41.5 Å². The molecule has 542 valence electrons. The zero-order valence-electron chi connectivity index (χ0n) is 56.7. The fourth-order valence-electron chi connectivity index (χ4n) is 10.9. The molecule has 0 aromatic rings. The molecule has 9 amide bonds. The monoisotopic (exact) mass is 1360 g/mol. The lowest BCUT2D eigenvalue weighted by Gasteiger charge is -2.30. The number of hydrogen-bond donors (Lipinski definition) is 17. The van der Waals surface area contributed by atoms with Crippen molar-refractivity contribution in [2.24, 2.45) is 130 Å². The van der Waals surface area contributed by atoms with Crippen molar-refractivity contribution in [3.05, 3.63) is 0 Å². The fraction of sp³-hybridized carbons (Fsp3) is 0.721. The number of guanidine groups is 4. The van der Waals surface area contributed by atoms with E-state index in [1.54, 1.807) is 34.6 Å². The number of carbonyl (C=O) groups is 13. The van der Waals surface area contributed by atoms with Crippen LogP contribution in [0, 0.1) is 41.4 Å². The highest BCUT2D eigenvalue weighted by molar-refractivity contribution is 6.00. The van der Waals surface area contributed by atoms with Gasteiger partial charge < -0.3 is 100 Å². The number of hydrogen-bond acceptors (Lipinski definition) is 18. The predicted octanol–water partition coefficient (Wildman–Crippen LogP) is -4.75. The zero-order valence-corrected chi connectivity index (χ0v) is 56.7. The molecule has 0 aromatic carbocycles. The molecule has 35 nitrogen and oxygen atoms in total. The number of carbonyl (C=O) groups excluding carboxylic acids is 13. The summed E-state index contributed by atoms with van der Waals surface area (Å²) in [6.07, 6.45) is -0.548. The van der Waals surface area contributed by atoms with Crippen LogP contribution in [0.1, 0.15) is 164 Å². The number of nitrogens with zero attached hydrogens (tertiary/aromatic N) is 5. The molecule has 0 aliphatic carbocycles. The SMILES string of the molecule is CC(C)[C@H](NC(=O)[C@H](CCCN=C(N)N)CC(=O)[C@@H](NC(=O)[C@H](C)CC(=O)[C@H](CCCCN)NC(=O)[C@H](CC(N)=O)CC(=O)[C@H](CCCN=C(N)N)NC(=O)[C@H](CC(N)=O)NC(=O)[C@@H]1CCCN1C(=O)[C@H](CCCN=C(N)N)CC(=O)[C@@H](C)CCCN=C(N)N)C(C)C)C(N)=O. The first-order valence-electron chi connectivity index (χ1n) is 32.7. The number of aliphatic imine (C=N–C) groups is 4. The minimum Gasteiger partial charge on any atom is -0.370 e. The highest BCUT2D eigenvalue weighted by Crippen LogP contribution is 2.27. The number of primary amides is 3. The van der Waals surface area contributed by atoms with Gasteiger partial charge in [0.2, 0.25) is 53.2 Å². The lowest BCUT2D eigenvalue weighted by molar-refractivity contribution is -0.144. The van der Waals surface area contributed by atoms with E-state index in [4.69, 9.17) is 68.8 Å². The Bertz CT molecular complexity index is 2760. The maximum absolute atomic E-state index is 14.5. The van der Waals surface area contributed by atoms with Crippen LogP contribution in [0.4, 0.5) is 0 Å². The van der Waals surface area contributed by atoms with Crippen LogP contribution in [0.3, 0.4) is 0 Å². The van der Waals surface area contributed by atoms with Gasteiger partial charge in [0.15, 0.2) is 41.2 Å². The Balaban J connectivity index is 3.55. The Kier molecular flexibility index (Phi) is 39.5. The van der Waals surface area contributed by atoms with Crippen LogP contribution in [0.2, 0.25) is 0 Å². The van der Waals surface area contributed by atoms with Crippen LogP contribution in [0.5, 0.6) is 0 Å². The fourth-order valence-corrected chi connectivity index (χ4v) is 10.9. The molecule has 0 bridgehead atoms. The van der Waals surface area contributed by atoms with Crippen molar-refractivity contribution in [2.45, 2.75) is 200 Å².